The van der Waals surface area contributed by atoms with E-state index < -0.39 is 11.6 Å². The maximum Gasteiger partial charge on any atom is 0.178 e. The van der Waals surface area contributed by atoms with Crippen LogP contribution in [0, 0.1) is 22.3 Å². The number of rotatable bonds is 4. The molecule has 2 aromatic rings. The van der Waals surface area contributed by atoms with E-state index in [0.29, 0.717) is 22.8 Å². The Morgan fingerprint density at radius 2 is 1.95 bits per heavy atom. The third-order valence-corrected chi connectivity index (χ3v) is 4.39. The standard InChI is InChI=1S/C15H19F2N3S/c1-10(8-19-4-2-3-5-19)9-20-13-7-11(16)6-12(17)14(13)18-15(20)21/h6-7,10H,2-5,8-9H2,1H3,(H,18,21). The van der Waals surface area contributed by atoms with Gasteiger partial charge in [-0.3, -0.25) is 0 Å². The summed E-state index contributed by atoms with van der Waals surface area (Å²) in [6.07, 6.45) is 2.52. The number of imidazole rings is 1. The average molecular weight is 311 g/mol. The maximum atomic E-state index is 13.8. The molecule has 0 bridgehead atoms. The van der Waals surface area contributed by atoms with Crippen molar-refractivity contribution in [2.75, 3.05) is 19.6 Å². The molecule has 1 aliphatic rings. The summed E-state index contributed by atoms with van der Waals surface area (Å²) in [5, 5.41) is 0. The third-order valence-electron chi connectivity index (χ3n) is 4.06. The molecule has 1 unspecified atom stereocenters. The van der Waals surface area contributed by atoms with Crippen molar-refractivity contribution in [1.29, 1.82) is 0 Å². The number of nitrogens with one attached hydrogen (secondary N) is 1. The Bertz CT molecular complexity index is 701. The van der Waals surface area contributed by atoms with Crippen LogP contribution in [0.3, 0.4) is 0 Å². The first-order valence-corrected chi connectivity index (χ1v) is 7.75. The Morgan fingerprint density at radius 3 is 2.67 bits per heavy atom. The van der Waals surface area contributed by atoms with E-state index in [9.17, 15) is 8.78 Å². The molecule has 1 aliphatic heterocycles. The second-order valence-electron chi connectivity index (χ2n) is 5.94. The molecule has 1 fully saturated rings. The Kier molecular flexibility index (Phi) is 4.08. The Balaban J connectivity index is 1.86. The zero-order chi connectivity index (χ0) is 15.0. The van der Waals surface area contributed by atoms with Crippen molar-refractivity contribution in [2.24, 2.45) is 5.92 Å². The number of nitrogens with zero attached hydrogens (tertiary/aromatic N) is 2. The lowest BCUT2D eigenvalue weighted by Gasteiger charge is -2.20. The van der Waals surface area contributed by atoms with E-state index in [1.807, 2.05) is 0 Å². The molecule has 0 spiro atoms. The van der Waals surface area contributed by atoms with Gasteiger partial charge in [0.05, 0.1) is 5.52 Å². The smallest absolute Gasteiger partial charge is 0.178 e. The number of aromatic nitrogens is 2. The quantitative estimate of drug-likeness (QED) is 0.870. The van der Waals surface area contributed by atoms with Crippen LogP contribution in [0.25, 0.3) is 11.0 Å². The van der Waals surface area contributed by atoms with Crippen LogP contribution in [0.1, 0.15) is 19.8 Å². The second-order valence-corrected chi connectivity index (χ2v) is 6.32. The Labute approximate surface area is 127 Å². The third kappa shape index (κ3) is 3.01. The van der Waals surface area contributed by atoms with Crippen molar-refractivity contribution in [3.05, 3.63) is 28.5 Å². The molecule has 1 aromatic carbocycles. The molecule has 1 atom stereocenters. The van der Waals surface area contributed by atoms with Gasteiger partial charge in [-0.2, -0.15) is 0 Å². The number of fused-ring (bicyclic) bond motifs is 1. The van der Waals surface area contributed by atoms with Gasteiger partial charge in [0.1, 0.15) is 11.3 Å². The topological polar surface area (TPSA) is 24.0 Å². The van der Waals surface area contributed by atoms with Gasteiger partial charge in [-0.05, 0) is 50.1 Å². The van der Waals surface area contributed by atoms with Crippen LogP contribution < -0.4 is 0 Å². The van der Waals surface area contributed by atoms with Gasteiger partial charge < -0.3 is 14.5 Å². The fourth-order valence-electron chi connectivity index (χ4n) is 3.14. The van der Waals surface area contributed by atoms with Crippen LogP contribution in [0.15, 0.2) is 12.1 Å². The van der Waals surface area contributed by atoms with E-state index in [1.165, 1.54) is 18.9 Å². The molecule has 0 amide bonds. The number of hydrogen-bond acceptors (Lipinski definition) is 2. The molecule has 1 aromatic heterocycles. The molecule has 0 saturated carbocycles. The molecule has 1 N–H and O–H groups in total. The minimum absolute atomic E-state index is 0.287. The number of aromatic amines is 1. The molecule has 114 valence electrons. The van der Waals surface area contributed by atoms with Crippen molar-refractivity contribution >= 4 is 23.3 Å². The number of likely N-dealkylation sites (tertiary alicyclic amines) is 1. The summed E-state index contributed by atoms with van der Waals surface area (Å²) in [5.74, 6) is -0.794. The Hall–Kier alpha value is -1.27. The van der Waals surface area contributed by atoms with Gasteiger partial charge in [0.2, 0.25) is 0 Å². The Morgan fingerprint density at radius 1 is 1.24 bits per heavy atom. The fourth-order valence-corrected chi connectivity index (χ4v) is 3.41. The fraction of sp³-hybridized carbons (Fsp3) is 0.533. The van der Waals surface area contributed by atoms with E-state index >= 15 is 0 Å². The minimum Gasteiger partial charge on any atom is -0.328 e. The van der Waals surface area contributed by atoms with Crippen molar-refractivity contribution in [3.8, 4) is 0 Å². The highest BCUT2D eigenvalue weighted by Crippen LogP contribution is 2.21. The molecule has 21 heavy (non-hydrogen) atoms. The van der Waals surface area contributed by atoms with Gasteiger partial charge in [0, 0.05) is 19.2 Å². The summed E-state index contributed by atoms with van der Waals surface area (Å²) >= 11 is 5.26. The predicted octanol–water partition coefficient (Wildman–Crippen LogP) is 3.71. The van der Waals surface area contributed by atoms with Crippen molar-refractivity contribution in [3.63, 3.8) is 0 Å². The largest absolute Gasteiger partial charge is 0.328 e. The van der Waals surface area contributed by atoms with Gasteiger partial charge in [-0.25, -0.2) is 8.78 Å². The molecule has 3 rings (SSSR count). The van der Waals surface area contributed by atoms with E-state index in [0.717, 1.165) is 25.7 Å². The van der Waals surface area contributed by atoms with Crippen LogP contribution in [0.5, 0.6) is 0 Å². The molecule has 2 heterocycles. The first-order valence-electron chi connectivity index (χ1n) is 7.34. The van der Waals surface area contributed by atoms with Crippen LogP contribution >= 0.6 is 12.2 Å². The average Bonchev–Trinajstić information content (AvgIpc) is 3.00. The molecule has 0 aliphatic carbocycles. The molecule has 3 nitrogen and oxygen atoms in total. The highest BCUT2D eigenvalue weighted by molar-refractivity contribution is 7.71. The lowest BCUT2D eigenvalue weighted by Crippen LogP contribution is -2.27. The monoisotopic (exact) mass is 311 g/mol. The number of halogens is 2. The lowest BCUT2D eigenvalue weighted by atomic mass is 10.1. The zero-order valence-corrected chi connectivity index (χ0v) is 12.8. The van der Waals surface area contributed by atoms with E-state index in [2.05, 4.69) is 16.8 Å². The van der Waals surface area contributed by atoms with Gasteiger partial charge in [0.15, 0.2) is 10.6 Å². The normalized spacial score (nSPS) is 17.7. The van der Waals surface area contributed by atoms with Crippen molar-refractivity contribution in [2.45, 2.75) is 26.3 Å². The first-order chi connectivity index (χ1) is 10.0. The van der Waals surface area contributed by atoms with Crippen LogP contribution in [0.4, 0.5) is 8.78 Å². The van der Waals surface area contributed by atoms with E-state index in [4.69, 9.17) is 12.2 Å². The summed E-state index contributed by atoms with van der Waals surface area (Å²) in [6.45, 7) is 6.10. The van der Waals surface area contributed by atoms with E-state index in [-0.39, 0.29) is 5.52 Å². The summed E-state index contributed by atoms with van der Waals surface area (Å²) in [7, 11) is 0. The second kappa shape index (κ2) is 5.85. The van der Waals surface area contributed by atoms with Gasteiger partial charge >= 0.3 is 0 Å². The molecule has 6 heteroatoms. The SMILES string of the molecule is CC(CN1CCCC1)Cn1c(=S)[nH]c2c(F)cc(F)cc21. The van der Waals surface area contributed by atoms with Crippen molar-refractivity contribution < 1.29 is 8.78 Å². The lowest BCUT2D eigenvalue weighted by molar-refractivity contribution is 0.272. The molecule has 1 saturated heterocycles. The summed E-state index contributed by atoms with van der Waals surface area (Å²) < 4.78 is 29.5. The molecule has 0 radical (unpaired) electrons. The summed E-state index contributed by atoms with van der Waals surface area (Å²) in [5.41, 5.74) is 0.792. The van der Waals surface area contributed by atoms with Gasteiger partial charge in [0.25, 0.3) is 0 Å². The van der Waals surface area contributed by atoms with Crippen LogP contribution in [-0.2, 0) is 6.54 Å². The number of hydrogen-bond donors (Lipinski definition) is 1. The maximum absolute atomic E-state index is 13.8. The van der Waals surface area contributed by atoms with Crippen LogP contribution in [-0.4, -0.2) is 34.1 Å². The number of H-pyrrole nitrogens is 1. The highest BCUT2D eigenvalue weighted by Gasteiger charge is 2.17. The number of benzene rings is 1. The summed E-state index contributed by atoms with van der Waals surface area (Å²) in [6, 6.07) is 2.22. The predicted molar refractivity (Wildman–Crippen MR) is 81.9 cm³/mol. The minimum atomic E-state index is -0.595. The van der Waals surface area contributed by atoms with Crippen LogP contribution in [0.2, 0.25) is 0 Å². The highest BCUT2D eigenvalue weighted by atomic mass is 32.1. The summed E-state index contributed by atoms with van der Waals surface area (Å²) in [4.78, 5) is 5.28. The molecular weight excluding hydrogens is 292 g/mol. The van der Waals surface area contributed by atoms with Gasteiger partial charge in [-0.1, -0.05) is 6.92 Å². The van der Waals surface area contributed by atoms with E-state index in [1.54, 1.807) is 4.57 Å². The van der Waals surface area contributed by atoms with Crippen molar-refractivity contribution in [1.82, 2.24) is 14.5 Å². The van der Waals surface area contributed by atoms with Gasteiger partial charge in [-0.15, -0.1) is 0 Å². The first kappa shape index (κ1) is 14.7. The molecular formula is C15H19F2N3S. The zero-order valence-electron chi connectivity index (χ0n) is 12.0.